The number of β-amino-alcohol motifs (C(OH)–C–C–N with tert-alkyl or cyclic N) is 1. The third-order valence-corrected chi connectivity index (χ3v) is 6.19. The van der Waals surface area contributed by atoms with Gasteiger partial charge in [-0.25, -0.2) is 14.2 Å². The van der Waals surface area contributed by atoms with E-state index >= 15 is 0 Å². The van der Waals surface area contributed by atoms with E-state index in [2.05, 4.69) is 20.3 Å². The second-order valence-corrected chi connectivity index (χ2v) is 8.23. The van der Waals surface area contributed by atoms with Crippen LogP contribution in [0.1, 0.15) is 34.0 Å². The number of carbonyl (C=O) groups is 3. The molecular formula is C23H20N4O7. The van der Waals surface area contributed by atoms with Crippen LogP contribution in [0.5, 0.6) is 0 Å². The number of carboxylic acids is 1. The molecule has 0 saturated carbocycles. The van der Waals surface area contributed by atoms with Crippen LogP contribution in [0.25, 0.3) is 11.1 Å². The van der Waals surface area contributed by atoms with Crippen molar-refractivity contribution in [3.63, 3.8) is 0 Å². The largest absolute Gasteiger partial charge is 0.479 e. The molecule has 2 amide bonds. The average molecular weight is 464 g/mol. The molecule has 3 aromatic rings. The van der Waals surface area contributed by atoms with Gasteiger partial charge in [0, 0.05) is 18.9 Å². The summed E-state index contributed by atoms with van der Waals surface area (Å²) in [7, 11) is 0. The van der Waals surface area contributed by atoms with Crippen molar-refractivity contribution in [2.75, 3.05) is 25.0 Å². The number of aromatic nitrogens is 2. The summed E-state index contributed by atoms with van der Waals surface area (Å²) in [5, 5.41) is 28.6. The van der Waals surface area contributed by atoms with Crippen molar-refractivity contribution in [1.29, 1.82) is 0 Å². The smallest absolute Gasteiger partial charge is 0.412 e. The van der Waals surface area contributed by atoms with Gasteiger partial charge in [0.25, 0.3) is 5.91 Å². The number of amides is 2. The molecule has 34 heavy (non-hydrogen) atoms. The molecule has 174 valence electrons. The third kappa shape index (κ3) is 3.65. The molecule has 0 bridgehead atoms. The van der Waals surface area contributed by atoms with Gasteiger partial charge in [-0.05, 0) is 32.6 Å². The molecule has 11 heteroatoms. The summed E-state index contributed by atoms with van der Waals surface area (Å²) in [5.74, 6) is -2.55. The van der Waals surface area contributed by atoms with Crippen LogP contribution in [-0.4, -0.2) is 68.7 Å². The summed E-state index contributed by atoms with van der Waals surface area (Å²) < 4.78 is 10.0. The number of ether oxygens (including phenoxy) is 1. The van der Waals surface area contributed by atoms with Crippen molar-refractivity contribution in [3.8, 4) is 11.1 Å². The minimum Gasteiger partial charge on any atom is -0.479 e. The Morgan fingerprint density at radius 1 is 1.09 bits per heavy atom. The van der Waals surface area contributed by atoms with E-state index in [0.29, 0.717) is 0 Å². The van der Waals surface area contributed by atoms with Crippen LogP contribution in [0.15, 0.2) is 53.2 Å². The molecule has 1 saturated heterocycles. The Morgan fingerprint density at radius 3 is 2.35 bits per heavy atom. The highest BCUT2D eigenvalue weighted by molar-refractivity contribution is 6.00. The molecule has 1 aliphatic heterocycles. The van der Waals surface area contributed by atoms with Gasteiger partial charge in [0.15, 0.2) is 5.60 Å². The van der Waals surface area contributed by atoms with Gasteiger partial charge in [-0.1, -0.05) is 48.5 Å². The first-order valence-corrected chi connectivity index (χ1v) is 10.6. The molecule has 1 unspecified atom stereocenters. The fourth-order valence-corrected chi connectivity index (χ4v) is 4.43. The molecule has 2 heterocycles. The lowest BCUT2D eigenvalue weighted by atomic mass is 9.98. The molecule has 1 aliphatic carbocycles. The molecule has 5 rings (SSSR count). The first-order valence-electron chi connectivity index (χ1n) is 10.6. The number of likely N-dealkylation sites (tertiary alicyclic amines) is 1. The first-order chi connectivity index (χ1) is 16.4. The number of rotatable bonds is 5. The van der Waals surface area contributed by atoms with E-state index in [0.717, 1.165) is 27.2 Å². The summed E-state index contributed by atoms with van der Waals surface area (Å²) in [6, 6.07) is 15.8. The van der Waals surface area contributed by atoms with Gasteiger partial charge in [-0.3, -0.25) is 10.1 Å². The number of nitrogens with one attached hydrogen (secondary N) is 1. The van der Waals surface area contributed by atoms with Crippen LogP contribution in [-0.2, 0) is 9.53 Å². The van der Waals surface area contributed by atoms with Crippen molar-refractivity contribution in [3.05, 3.63) is 65.4 Å². The Kier molecular flexibility index (Phi) is 5.25. The van der Waals surface area contributed by atoms with Crippen molar-refractivity contribution < 1.29 is 34.0 Å². The zero-order valence-electron chi connectivity index (χ0n) is 17.8. The van der Waals surface area contributed by atoms with Gasteiger partial charge in [0.2, 0.25) is 11.5 Å². The van der Waals surface area contributed by atoms with Gasteiger partial charge < -0.3 is 19.8 Å². The number of aliphatic hydroxyl groups is 1. The Bertz CT molecular complexity index is 1240. The van der Waals surface area contributed by atoms with E-state index in [9.17, 15) is 19.5 Å². The fraction of sp³-hybridized carbons (Fsp3) is 0.261. The van der Waals surface area contributed by atoms with E-state index in [1.54, 1.807) is 0 Å². The van der Waals surface area contributed by atoms with Crippen LogP contribution >= 0.6 is 0 Å². The Labute approximate surface area is 192 Å². The molecule has 0 radical (unpaired) electrons. The molecule has 2 aliphatic rings. The summed E-state index contributed by atoms with van der Waals surface area (Å²) >= 11 is 0. The number of carboxylic acid groups (broad SMARTS) is 1. The minimum atomic E-state index is -2.03. The second-order valence-electron chi connectivity index (χ2n) is 8.23. The van der Waals surface area contributed by atoms with Crippen LogP contribution in [0.3, 0.4) is 0 Å². The number of anilines is 1. The maximum Gasteiger partial charge on any atom is 0.412 e. The number of carbonyl (C=O) groups excluding carboxylic acids is 2. The predicted octanol–water partition coefficient (Wildman–Crippen LogP) is 2.09. The van der Waals surface area contributed by atoms with E-state index in [1.165, 1.54) is 0 Å². The fourth-order valence-electron chi connectivity index (χ4n) is 4.43. The van der Waals surface area contributed by atoms with Gasteiger partial charge in [-0.15, -0.1) is 0 Å². The van der Waals surface area contributed by atoms with Crippen LogP contribution in [0, 0.1) is 0 Å². The topological polar surface area (TPSA) is 155 Å². The SMILES string of the molecule is O=C(Nc1nonc1C(=O)N1CCC(O)(C(=O)O)C1)OCC1c2ccccc2-c2ccccc21. The number of fused-ring (bicyclic) bond motifs is 3. The molecule has 1 aromatic heterocycles. The molecule has 1 atom stereocenters. The number of hydrogen-bond donors (Lipinski definition) is 3. The van der Waals surface area contributed by atoms with E-state index in [1.807, 2.05) is 48.5 Å². The maximum absolute atomic E-state index is 12.7. The number of nitrogens with zero attached hydrogens (tertiary/aromatic N) is 3. The monoisotopic (exact) mass is 464 g/mol. The van der Waals surface area contributed by atoms with Crippen molar-refractivity contribution in [2.45, 2.75) is 17.9 Å². The van der Waals surface area contributed by atoms with Crippen LogP contribution < -0.4 is 5.32 Å². The lowest BCUT2D eigenvalue weighted by Gasteiger charge is -2.18. The number of hydrogen-bond acceptors (Lipinski definition) is 8. The molecular weight excluding hydrogens is 444 g/mol. The highest BCUT2D eigenvalue weighted by atomic mass is 16.6. The Hall–Kier alpha value is -4.25. The van der Waals surface area contributed by atoms with Gasteiger partial charge in [-0.2, -0.15) is 0 Å². The van der Waals surface area contributed by atoms with Crippen molar-refractivity contribution >= 4 is 23.8 Å². The van der Waals surface area contributed by atoms with Gasteiger partial charge >= 0.3 is 12.1 Å². The molecule has 3 N–H and O–H groups in total. The lowest BCUT2D eigenvalue weighted by molar-refractivity contribution is -0.156. The minimum absolute atomic E-state index is 0.00111. The van der Waals surface area contributed by atoms with Crippen molar-refractivity contribution in [1.82, 2.24) is 15.2 Å². The summed E-state index contributed by atoms with van der Waals surface area (Å²) in [4.78, 5) is 37.5. The Balaban J connectivity index is 1.25. The Morgan fingerprint density at radius 2 is 1.74 bits per heavy atom. The average Bonchev–Trinajstić information content (AvgIpc) is 3.54. The van der Waals surface area contributed by atoms with Crippen LogP contribution in [0.2, 0.25) is 0 Å². The van der Waals surface area contributed by atoms with E-state index in [-0.39, 0.29) is 37.0 Å². The van der Waals surface area contributed by atoms with E-state index < -0.39 is 30.1 Å². The normalized spacial score (nSPS) is 18.9. The highest BCUT2D eigenvalue weighted by Gasteiger charge is 2.45. The number of benzene rings is 2. The summed E-state index contributed by atoms with van der Waals surface area (Å²) in [6.45, 7) is -0.358. The molecule has 1 fully saturated rings. The third-order valence-electron chi connectivity index (χ3n) is 6.19. The summed E-state index contributed by atoms with van der Waals surface area (Å²) in [5.41, 5.74) is 1.93. The second kappa shape index (κ2) is 8.27. The number of aliphatic carboxylic acids is 1. The highest BCUT2D eigenvalue weighted by Crippen LogP contribution is 2.44. The zero-order chi connectivity index (χ0) is 23.9. The van der Waals surface area contributed by atoms with Gasteiger partial charge in [0.05, 0.1) is 6.54 Å². The standard InChI is InChI=1S/C23H20N4O7/c28-20(27-10-9-23(32,12-27)21(29)30)18-19(26-34-25-18)24-22(31)33-11-17-15-7-3-1-5-13(15)14-6-2-4-8-16(14)17/h1-8,17,32H,9-12H2,(H,29,30)(H,24,26,31). The maximum atomic E-state index is 12.7. The molecule has 2 aromatic carbocycles. The quantitative estimate of drug-likeness (QED) is 0.515. The van der Waals surface area contributed by atoms with Crippen LogP contribution in [0.4, 0.5) is 10.6 Å². The zero-order valence-corrected chi connectivity index (χ0v) is 17.8. The van der Waals surface area contributed by atoms with E-state index in [4.69, 9.17) is 9.84 Å². The molecule has 11 nitrogen and oxygen atoms in total. The predicted molar refractivity (Wildman–Crippen MR) is 116 cm³/mol. The van der Waals surface area contributed by atoms with Gasteiger partial charge in [0.1, 0.15) is 6.61 Å². The van der Waals surface area contributed by atoms with Crippen molar-refractivity contribution in [2.24, 2.45) is 0 Å². The first kappa shape index (κ1) is 21.6. The molecule has 0 spiro atoms. The summed E-state index contributed by atoms with van der Waals surface area (Å²) in [6.07, 6.45) is -0.982. The lowest BCUT2D eigenvalue weighted by Crippen LogP contribution is -2.42.